The van der Waals surface area contributed by atoms with Gasteiger partial charge < -0.3 is 5.32 Å². The number of hydrogen-bond acceptors (Lipinski definition) is 2. The van der Waals surface area contributed by atoms with Crippen LogP contribution in [0.3, 0.4) is 0 Å². The number of hydrogen-bond donors (Lipinski definition) is 2. The van der Waals surface area contributed by atoms with Crippen LogP contribution in [0.5, 0.6) is 0 Å². The van der Waals surface area contributed by atoms with Crippen LogP contribution in [0, 0.1) is 5.92 Å². The lowest BCUT2D eigenvalue weighted by Gasteiger charge is -2.28. The highest BCUT2D eigenvalue weighted by Gasteiger charge is 2.27. The summed E-state index contributed by atoms with van der Waals surface area (Å²) in [6.07, 6.45) is 7.02. The zero-order valence-corrected chi connectivity index (χ0v) is 16.5. The van der Waals surface area contributed by atoms with E-state index in [2.05, 4.69) is 29.1 Å². The summed E-state index contributed by atoms with van der Waals surface area (Å²) in [4.78, 5) is 12.5. The van der Waals surface area contributed by atoms with Crippen molar-refractivity contribution in [2.24, 2.45) is 5.92 Å². The minimum Gasteiger partial charge on any atom is -0.326 e. The monoisotopic (exact) mass is 364 g/mol. The Hall–Kier alpha value is -1.20. The zero-order chi connectivity index (χ0) is 18.2. The minimum absolute atomic E-state index is 0.0605. The summed E-state index contributed by atoms with van der Waals surface area (Å²) in [7, 11) is -0.978. The fourth-order valence-electron chi connectivity index (χ4n) is 3.15. The largest absolute Gasteiger partial charge is 0.326 e. The minimum atomic E-state index is -0.978. The first kappa shape index (κ1) is 20.1. The molecule has 0 bridgehead atoms. The molecule has 4 nitrogen and oxygen atoms in total. The highest BCUT2D eigenvalue weighted by molar-refractivity contribution is 7.83. The smallest absolute Gasteiger partial charge is 0.227 e. The van der Waals surface area contributed by atoms with Crippen molar-refractivity contribution in [2.75, 3.05) is 5.32 Å². The summed E-state index contributed by atoms with van der Waals surface area (Å²) >= 11 is 0. The predicted octanol–water partition coefficient (Wildman–Crippen LogP) is 4.19. The second-order valence-electron chi connectivity index (χ2n) is 7.30. The van der Waals surface area contributed by atoms with Crippen LogP contribution in [-0.4, -0.2) is 21.4 Å². The molecular weight excluding hydrogens is 332 g/mol. The molecule has 1 aromatic carbocycles. The van der Waals surface area contributed by atoms with Gasteiger partial charge in [0, 0.05) is 22.9 Å². The molecule has 0 spiro atoms. The van der Waals surface area contributed by atoms with E-state index in [1.807, 2.05) is 26.0 Å². The Morgan fingerprint density at radius 2 is 1.80 bits per heavy atom. The maximum Gasteiger partial charge on any atom is 0.227 e. The van der Waals surface area contributed by atoms with Crippen LogP contribution in [0.15, 0.2) is 24.3 Å². The van der Waals surface area contributed by atoms with Crippen LogP contribution in [0.4, 0.5) is 5.69 Å². The molecule has 1 fully saturated rings. The molecule has 0 aliphatic heterocycles. The molecule has 25 heavy (non-hydrogen) atoms. The number of aryl methyl sites for hydroxylation is 1. The lowest BCUT2D eigenvalue weighted by atomic mass is 9.86. The highest BCUT2D eigenvalue weighted by atomic mass is 32.2. The molecule has 5 heteroatoms. The van der Waals surface area contributed by atoms with Crippen molar-refractivity contribution in [2.45, 2.75) is 77.0 Å². The first-order valence-corrected chi connectivity index (χ1v) is 10.8. The van der Waals surface area contributed by atoms with E-state index in [1.165, 1.54) is 18.4 Å². The van der Waals surface area contributed by atoms with Gasteiger partial charge in [-0.3, -0.25) is 4.79 Å². The van der Waals surface area contributed by atoms with E-state index in [-0.39, 0.29) is 23.1 Å². The molecule has 1 aliphatic rings. The quantitative estimate of drug-likeness (QED) is 0.727. The van der Waals surface area contributed by atoms with Crippen molar-refractivity contribution in [1.82, 2.24) is 4.72 Å². The summed E-state index contributed by atoms with van der Waals surface area (Å²) in [5.74, 6) is 0.176. The molecule has 1 aromatic rings. The van der Waals surface area contributed by atoms with Crippen LogP contribution in [0.2, 0.25) is 0 Å². The number of carbonyl (C=O) groups is 1. The predicted molar refractivity (Wildman–Crippen MR) is 106 cm³/mol. The van der Waals surface area contributed by atoms with Gasteiger partial charge in [-0.25, -0.2) is 8.93 Å². The van der Waals surface area contributed by atoms with E-state index in [4.69, 9.17) is 0 Å². The third-order valence-electron chi connectivity index (χ3n) is 4.85. The molecule has 1 amide bonds. The van der Waals surface area contributed by atoms with Crippen molar-refractivity contribution in [3.05, 3.63) is 29.8 Å². The van der Waals surface area contributed by atoms with Gasteiger partial charge in [-0.15, -0.1) is 0 Å². The number of carbonyl (C=O) groups excluding carboxylic acids is 1. The van der Waals surface area contributed by atoms with E-state index in [0.29, 0.717) is 0 Å². The van der Waals surface area contributed by atoms with Crippen LogP contribution in [0.25, 0.3) is 0 Å². The van der Waals surface area contributed by atoms with Gasteiger partial charge in [-0.05, 0) is 70.1 Å². The first-order valence-electron chi connectivity index (χ1n) is 9.56. The molecule has 2 N–H and O–H groups in total. The number of amides is 1. The number of nitrogens with one attached hydrogen (secondary N) is 2. The topological polar surface area (TPSA) is 58.2 Å². The molecule has 1 aliphatic carbocycles. The van der Waals surface area contributed by atoms with Crippen molar-refractivity contribution < 1.29 is 9.00 Å². The van der Waals surface area contributed by atoms with Gasteiger partial charge in [0.25, 0.3) is 0 Å². The molecule has 1 unspecified atom stereocenters. The summed E-state index contributed by atoms with van der Waals surface area (Å²) in [6, 6.07) is 8.48. The second kappa shape index (κ2) is 10.1. The van der Waals surface area contributed by atoms with Crippen LogP contribution in [0.1, 0.15) is 64.9 Å². The van der Waals surface area contributed by atoms with Gasteiger partial charge in [0.05, 0.1) is 11.0 Å². The number of rotatable bonds is 8. The zero-order valence-electron chi connectivity index (χ0n) is 15.7. The average molecular weight is 365 g/mol. The molecular formula is C20H32N2O2S. The van der Waals surface area contributed by atoms with E-state index < -0.39 is 11.0 Å². The normalized spacial score (nSPS) is 21.9. The SMILES string of the molecule is CCCCc1ccc(NC(=O)C2CCC(NS(=O)C(C)C)CC2)cc1. The van der Waals surface area contributed by atoms with Crippen LogP contribution in [-0.2, 0) is 22.2 Å². The van der Waals surface area contributed by atoms with Gasteiger partial charge >= 0.3 is 0 Å². The summed E-state index contributed by atoms with van der Waals surface area (Å²) < 4.78 is 15.1. The van der Waals surface area contributed by atoms with Crippen molar-refractivity contribution in [1.29, 1.82) is 0 Å². The van der Waals surface area contributed by atoms with E-state index in [1.54, 1.807) is 0 Å². The Balaban J connectivity index is 1.77. The maximum atomic E-state index is 12.5. The van der Waals surface area contributed by atoms with E-state index in [9.17, 15) is 9.00 Å². The lowest BCUT2D eigenvalue weighted by molar-refractivity contribution is -0.120. The van der Waals surface area contributed by atoms with Gasteiger partial charge in [0.1, 0.15) is 0 Å². The van der Waals surface area contributed by atoms with Crippen molar-refractivity contribution in [3.8, 4) is 0 Å². The van der Waals surface area contributed by atoms with E-state index >= 15 is 0 Å². The van der Waals surface area contributed by atoms with Gasteiger partial charge in [0.2, 0.25) is 5.91 Å². The van der Waals surface area contributed by atoms with Gasteiger partial charge in [0.15, 0.2) is 0 Å². The maximum absolute atomic E-state index is 12.5. The molecule has 2 rings (SSSR count). The molecule has 1 saturated carbocycles. The summed E-state index contributed by atoms with van der Waals surface area (Å²) in [5, 5.41) is 3.18. The molecule has 140 valence electrons. The Labute approximate surface area is 154 Å². The van der Waals surface area contributed by atoms with Gasteiger partial charge in [-0.1, -0.05) is 25.5 Å². The Morgan fingerprint density at radius 1 is 1.16 bits per heavy atom. The molecule has 0 radical (unpaired) electrons. The Kier molecular flexibility index (Phi) is 8.10. The third kappa shape index (κ3) is 6.55. The summed E-state index contributed by atoms with van der Waals surface area (Å²) in [6.45, 7) is 6.10. The average Bonchev–Trinajstić information content (AvgIpc) is 2.61. The third-order valence-corrected chi connectivity index (χ3v) is 6.27. The second-order valence-corrected chi connectivity index (χ2v) is 9.08. The van der Waals surface area contributed by atoms with Gasteiger partial charge in [-0.2, -0.15) is 0 Å². The fourth-order valence-corrected chi connectivity index (χ4v) is 3.99. The van der Waals surface area contributed by atoms with Crippen LogP contribution >= 0.6 is 0 Å². The van der Waals surface area contributed by atoms with Crippen molar-refractivity contribution in [3.63, 3.8) is 0 Å². The molecule has 0 saturated heterocycles. The number of unbranched alkanes of at least 4 members (excludes halogenated alkanes) is 1. The molecule has 1 atom stereocenters. The fraction of sp³-hybridized carbons (Fsp3) is 0.650. The van der Waals surface area contributed by atoms with Crippen LogP contribution < -0.4 is 10.0 Å². The first-order chi connectivity index (χ1) is 12.0. The highest BCUT2D eigenvalue weighted by Crippen LogP contribution is 2.26. The number of anilines is 1. The Morgan fingerprint density at radius 3 is 2.36 bits per heavy atom. The van der Waals surface area contributed by atoms with Crippen molar-refractivity contribution >= 4 is 22.6 Å². The standard InChI is InChI=1S/C20H32N2O2S/c1-4-5-6-16-7-11-18(12-8-16)21-20(23)17-9-13-19(14-10-17)22-25(24)15(2)3/h7-8,11-12,15,17,19,22H,4-6,9-10,13-14H2,1-3H3,(H,21,23). The lowest BCUT2D eigenvalue weighted by Crippen LogP contribution is -2.39. The van der Waals surface area contributed by atoms with E-state index in [0.717, 1.165) is 37.8 Å². The number of benzene rings is 1. The molecule has 0 heterocycles. The summed E-state index contributed by atoms with van der Waals surface area (Å²) in [5.41, 5.74) is 2.20. The Bertz CT molecular complexity index is 564. The molecule has 0 aromatic heterocycles.